The number of Topliss-reactive ketones (excluding diaryl/α,β-unsaturated/α-hetero) is 1. The highest BCUT2D eigenvalue weighted by Crippen LogP contribution is 2.04. The Labute approximate surface area is 86.9 Å². The number of nitrogens with zero attached hydrogens (tertiary/aromatic N) is 1. The molecule has 0 unspecified atom stereocenters. The van der Waals surface area contributed by atoms with Gasteiger partial charge in [-0.05, 0) is 12.1 Å². The number of hydrogen-bond acceptors (Lipinski definition) is 4. The van der Waals surface area contributed by atoms with E-state index < -0.39 is 0 Å². The van der Waals surface area contributed by atoms with Crippen LogP contribution in [0.25, 0.3) is 0 Å². The normalized spacial score (nSPS) is 9.79. The Balaban J connectivity index is 2.38. The summed E-state index contributed by atoms with van der Waals surface area (Å²) in [7, 11) is 0. The van der Waals surface area contributed by atoms with Gasteiger partial charge in [0.1, 0.15) is 5.78 Å². The molecular formula is C10H11NO2S. The van der Waals surface area contributed by atoms with Crippen LogP contribution in [-0.2, 0) is 16.0 Å². The maximum atomic E-state index is 11.3. The molecule has 0 N–H and O–H groups in total. The first-order valence-electron chi connectivity index (χ1n) is 4.23. The first-order chi connectivity index (χ1) is 6.68. The minimum absolute atomic E-state index is 0.0284. The fourth-order valence-electron chi connectivity index (χ4n) is 0.938. The van der Waals surface area contributed by atoms with Crippen LogP contribution < -0.4 is 0 Å². The van der Waals surface area contributed by atoms with E-state index in [4.69, 9.17) is 0 Å². The van der Waals surface area contributed by atoms with Crippen molar-refractivity contribution in [3.8, 4) is 0 Å². The Hall–Kier alpha value is -1.16. The van der Waals surface area contributed by atoms with Crippen molar-refractivity contribution in [1.82, 2.24) is 4.98 Å². The van der Waals surface area contributed by atoms with Gasteiger partial charge in [0.25, 0.3) is 0 Å². The first-order valence-corrected chi connectivity index (χ1v) is 5.22. The van der Waals surface area contributed by atoms with E-state index in [1.54, 1.807) is 18.3 Å². The molecule has 0 spiro atoms. The van der Waals surface area contributed by atoms with Gasteiger partial charge in [0.15, 0.2) is 5.12 Å². The van der Waals surface area contributed by atoms with Crippen LogP contribution in [0.5, 0.6) is 0 Å². The van der Waals surface area contributed by atoms with Crippen molar-refractivity contribution in [3.63, 3.8) is 0 Å². The molecule has 0 amide bonds. The number of thioether (sulfide) groups is 1. The molecule has 0 saturated heterocycles. The lowest BCUT2D eigenvalue weighted by atomic mass is 10.2. The molecule has 1 heterocycles. The summed E-state index contributed by atoms with van der Waals surface area (Å²) in [6, 6.07) is 5.45. The molecule has 0 bridgehead atoms. The average Bonchev–Trinajstić information content (AvgIpc) is 2.16. The Kier molecular flexibility index (Phi) is 4.32. The fourth-order valence-corrected chi connectivity index (χ4v) is 1.40. The third kappa shape index (κ3) is 4.18. The van der Waals surface area contributed by atoms with Crippen LogP contribution in [0.1, 0.15) is 12.6 Å². The minimum atomic E-state index is -0.0284. The molecule has 0 aliphatic carbocycles. The monoisotopic (exact) mass is 209 g/mol. The van der Waals surface area contributed by atoms with E-state index in [0.29, 0.717) is 6.42 Å². The molecule has 1 aromatic heterocycles. The molecule has 3 nitrogen and oxygen atoms in total. The lowest BCUT2D eigenvalue weighted by Gasteiger charge is -1.98. The van der Waals surface area contributed by atoms with Gasteiger partial charge in [0.05, 0.1) is 5.75 Å². The molecule has 0 aliphatic heterocycles. The van der Waals surface area contributed by atoms with Crippen molar-refractivity contribution < 1.29 is 9.59 Å². The van der Waals surface area contributed by atoms with E-state index in [0.717, 1.165) is 17.5 Å². The van der Waals surface area contributed by atoms with Crippen LogP contribution in [0, 0.1) is 0 Å². The smallest absolute Gasteiger partial charge is 0.186 e. The molecule has 4 heteroatoms. The van der Waals surface area contributed by atoms with Crippen LogP contribution in [0.15, 0.2) is 24.4 Å². The summed E-state index contributed by atoms with van der Waals surface area (Å²) in [5.74, 6) is 0.273. The molecular weight excluding hydrogens is 198 g/mol. The van der Waals surface area contributed by atoms with Gasteiger partial charge in [-0.2, -0.15) is 0 Å². The molecule has 74 valence electrons. The van der Waals surface area contributed by atoms with Crippen LogP contribution in [0.4, 0.5) is 0 Å². The van der Waals surface area contributed by atoms with Crippen molar-refractivity contribution in [1.29, 1.82) is 0 Å². The minimum Gasteiger partial charge on any atom is -0.298 e. The molecule has 0 radical (unpaired) electrons. The molecule has 0 fully saturated rings. The molecule has 0 atom stereocenters. The second kappa shape index (κ2) is 5.54. The zero-order valence-corrected chi connectivity index (χ0v) is 8.71. The van der Waals surface area contributed by atoms with Gasteiger partial charge < -0.3 is 0 Å². The molecule has 0 aliphatic rings. The van der Waals surface area contributed by atoms with E-state index in [-0.39, 0.29) is 16.7 Å². The summed E-state index contributed by atoms with van der Waals surface area (Å²) in [6.45, 7) is 1.46. The fraction of sp³-hybridized carbons (Fsp3) is 0.300. The van der Waals surface area contributed by atoms with Crippen molar-refractivity contribution in [2.24, 2.45) is 0 Å². The summed E-state index contributed by atoms with van der Waals surface area (Å²) in [6.07, 6.45) is 1.96. The predicted molar refractivity (Wildman–Crippen MR) is 56.1 cm³/mol. The number of pyridine rings is 1. The Morgan fingerprint density at radius 1 is 1.43 bits per heavy atom. The van der Waals surface area contributed by atoms with E-state index in [1.807, 2.05) is 6.07 Å². The van der Waals surface area contributed by atoms with E-state index in [9.17, 15) is 9.59 Å². The van der Waals surface area contributed by atoms with E-state index >= 15 is 0 Å². The summed E-state index contributed by atoms with van der Waals surface area (Å²) < 4.78 is 0. The van der Waals surface area contributed by atoms with E-state index in [1.165, 1.54) is 6.92 Å². The summed E-state index contributed by atoms with van der Waals surface area (Å²) in [4.78, 5) is 25.9. The largest absolute Gasteiger partial charge is 0.298 e. The van der Waals surface area contributed by atoms with Gasteiger partial charge in [0, 0.05) is 25.2 Å². The number of aromatic nitrogens is 1. The van der Waals surface area contributed by atoms with Crippen LogP contribution in [-0.4, -0.2) is 21.6 Å². The molecule has 0 saturated carbocycles. The summed E-state index contributed by atoms with van der Waals surface area (Å²) in [5, 5.41) is -0.0284. The number of hydrogen-bond donors (Lipinski definition) is 0. The van der Waals surface area contributed by atoms with Crippen LogP contribution >= 0.6 is 11.8 Å². The predicted octanol–water partition coefficient (Wildman–Crippen LogP) is 1.47. The van der Waals surface area contributed by atoms with Gasteiger partial charge in [-0.3, -0.25) is 14.6 Å². The molecule has 1 rings (SSSR count). The third-order valence-corrected chi connectivity index (χ3v) is 2.41. The maximum absolute atomic E-state index is 11.3. The summed E-state index contributed by atoms with van der Waals surface area (Å²) in [5.41, 5.74) is 0.752. The number of rotatable bonds is 4. The van der Waals surface area contributed by atoms with E-state index in [2.05, 4.69) is 4.98 Å². The molecule has 14 heavy (non-hydrogen) atoms. The van der Waals surface area contributed by atoms with Gasteiger partial charge in [-0.1, -0.05) is 17.8 Å². The highest BCUT2D eigenvalue weighted by molar-refractivity contribution is 8.14. The number of ketones is 1. The SMILES string of the molecule is CC(=O)SCC(=O)Cc1ccccn1. The Morgan fingerprint density at radius 3 is 2.79 bits per heavy atom. The van der Waals surface area contributed by atoms with Crippen molar-refractivity contribution in [2.75, 3.05) is 5.75 Å². The zero-order valence-electron chi connectivity index (χ0n) is 7.90. The zero-order chi connectivity index (χ0) is 10.4. The van der Waals surface area contributed by atoms with Gasteiger partial charge >= 0.3 is 0 Å². The van der Waals surface area contributed by atoms with Gasteiger partial charge in [-0.25, -0.2) is 0 Å². The van der Waals surface area contributed by atoms with Crippen LogP contribution in [0.2, 0.25) is 0 Å². The Morgan fingerprint density at radius 2 is 2.21 bits per heavy atom. The maximum Gasteiger partial charge on any atom is 0.186 e. The molecule has 1 aromatic rings. The standard InChI is InChI=1S/C10H11NO2S/c1-8(12)14-7-10(13)6-9-4-2-3-5-11-9/h2-5H,6-7H2,1H3. The topological polar surface area (TPSA) is 47.0 Å². The second-order valence-corrected chi connectivity index (χ2v) is 3.97. The van der Waals surface area contributed by atoms with Crippen molar-refractivity contribution >= 4 is 22.7 Å². The lowest BCUT2D eigenvalue weighted by Crippen LogP contribution is -2.07. The first kappa shape index (κ1) is 10.9. The Bertz CT molecular complexity index is 324. The van der Waals surface area contributed by atoms with Crippen LogP contribution in [0.3, 0.4) is 0 Å². The lowest BCUT2D eigenvalue weighted by molar-refractivity contribution is -0.116. The van der Waals surface area contributed by atoms with Gasteiger partial charge in [0.2, 0.25) is 0 Å². The second-order valence-electron chi connectivity index (χ2n) is 2.82. The highest BCUT2D eigenvalue weighted by Gasteiger charge is 2.05. The quantitative estimate of drug-likeness (QED) is 0.753. The third-order valence-electron chi connectivity index (χ3n) is 1.54. The van der Waals surface area contributed by atoms with Gasteiger partial charge in [-0.15, -0.1) is 0 Å². The average molecular weight is 209 g/mol. The molecule has 0 aromatic carbocycles. The van der Waals surface area contributed by atoms with Crippen molar-refractivity contribution in [2.45, 2.75) is 13.3 Å². The number of carbonyl (C=O) groups excluding carboxylic acids is 2. The highest BCUT2D eigenvalue weighted by atomic mass is 32.2. The summed E-state index contributed by atoms with van der Waals surface area (Å²) >= 11 is 1.04. The number of carbonyl (C=O) groups is 2. The van der Waals surface area contributed by atoms with Crippen molar-refractivity contribution in [3.05, 3.63) is 30.1 Å².